The van der Waals surface area contributed by atoms with E-state index in [0.29, 0.717) is 11.7 Å². The average Bonchev–Trinajstić information content (AvgIpc) is 2.43. The minimum atomic E-state index is -2.87. The SMILES string of the molecule is CC1(C)C(CN2CCNCC2)CCS1(=O)=O. The van der Waals surface area contributed by atoms with Gasteiger partial charge in [0.25, 0.3) is 0 Å². The van der Waals surface area contributed by atoms with Crippen molar-refractivity contribution in [3.8, 4) is 0 Å². The molecule has 0 aromatic rings. The van der Waals surface area contributed by atoms with Gasteiger partial charge in [-0.1, -0.05) is 0 Å². The second-order valence-electron chi connectivity index (χ2n) is 5.46. The van der Waals surface area contributed by atoms with Crippen LogP contribution in [0.4, 0.5) is 0 Å². The zero-order valence-corrected chi connectivity index (χ0v) is 11.0. The van der Waals surface area contributed by atoms with Gasteiger partial charge in [0.1, 0.15) is 0 Å². The van der Waals surface area contributed by atoms with Crippen LogP contribution in [-0.4, -0.2) is 56.5 Å². The van der Waals surface area contributed by atoms with Crippen molar-refractivity contribution in [2.45, 2.75) is 25.0 Å². The highest BCUT2D eigenvalue weighted by molar-refractivity contribution is 7.93. The summed E-state index contributed by atoms with van der Waals surface area (Å²) in [6.45, 7) is 8.87. The molecule has 2 saturated heterocycles. The van der Waals surface area contributed by atoms with Crippen LogP contribution in [0.15, 0.2) is 0 Å². The van der Waals surface area contributed by atoms with E-state index in [1.54, 1.807) is 0 Å². The third-order valence-electron chi connectivity index (χ3n) is 4.21. The molecule has 0 aliphatic carbocycles. The van der Waals surface area contributed by atoms with E-state index in [1.807, 2.05) is 13.8 Å². The van der Waals surface area contributed by atoms with Crippen molar-refractivity contribution in [1.82, 2.24) is 10.2 Å². The largest absolute Gasteiger partial charge is 0.314 e. The number of hydrogen-bond acceptors (Lipinski definition) is 4. The minimum absolute atomic E-state index is 0.301. The van der Waals surface area contributed by atoms with Crippen molar-refractivity contribution >= 4 is 9.84 Å². The molecular weight excluding hydrogens is 224 g/mol. The Labute approximate surface area is 98.3 Å². The lowest BCUT2D eigenvalue weighted by atomic mass is 9.92. The first kappa shape index (κ1) is 12.3. The molecule has 5 heteroatoms. The molecule has 0 aromatic carbocycles. The van der Waals surface area contributed by atoms with Gasteiger partial charge in [0.15, 0.2) is 9.84 Å². The summed E-state index contributed by atoms with van der Waals surface area (Å²) in [7, 11) is -2.87. The van der Waals surface area contributed by atoms with Gasteiger partial charge in [-0.05, 0) is 26.2 Å². The van der Waals surface area contributed by atoms with E-state index < -0.39 is 14.6 Å². The molecule has 1 unspecified atom stereocenters. The summed E-state index contributed by atoms with van der Waals surface area (Å²) >= 11 is 0. The standard InChI is InChI=1S/C11H22N2O2S/c1-11(2)10(3-8-16(11,14)15)9-13-6-4-12-5-7-13/h10,12H,3-9H2,1-2H3. The molecule has 2 aliphatic rings. The molecule has 1 atom stereocenters. The Kier molecular flexibility index (Phi) is 3.29. The van der Waals surface area contributed by atoms with Crippen LogP contribution < -0.4 is 5.32 Å². The van der Waals surface area contributed by atoms with Crippen molar-refractivity contribution in [3.05, 3.63) is 0 Å². The van der Waals surface area contributed by atoms with Crippen LogP contribution in [0.3, 0.4) is 0 Å². The van der Waals surface area contributed by atoms with E-state index in [4.69, 9.17) is 0 Å². The summed E-state index contributed by atoms with van der Waals surface area (Å²) in [6.07, 6.45) is 0.833. The van der Waals surface area contributed by atoms with Crippen molar-refractivity contribution in [2.75, 3.05) is 38.5 Å². The topological polar surface area (TPSA) is 49.4 Å². The van der Waals surface area contributed by atoms with Crippen LogP contribution in [0.25, 0.3) is 0 Å². The van der Waals surface area contributed by atoms with Gasteiger partial charge in [0.05, 0.1) is 10.5 Å². The van der Waals surface area contributed by atoms with Crippen LogP contribution in [0, 0.1) is 5.92 Å². The van der Waals surface area contributed by atoms with E-state index in [2.05, 4.69) is 10.2 Å². The molecule has 16 heavy (non-hydrogen) atoms. The van der Waals surface area contributed by atoms with Gasteiger partial charge in [-0.15, -0.1) is 0 Å². The zero-order chi connectivity index (χ0) is 11.8. The molecule has 94 valence electrons. The van der Waals surface area contributed by atoms with Crippen LogP contribution in [0.2, 0.25) is 0 Å². The molecule has 2 heterocycles. The van der Waals surface area contributed by atoms with Gasteiger partial charge in [0, 0.05) is 32.7 Å². The zero-order valence-electron chi connectivity index (χ0n) is 10.2. The minimum Gasteiger partial charge on any atom is -0.314 e. The van der Waals surface area contributed by atoms with E-state index in [9.17, 15) is 8.42 Å². The van der Waals surface area contributed by atoms with Crippen LogP contribution >= 0.6 is 0 Å². The maximum absolute atomic E-state index is 11.9. The third kappa shape index (κ3) is 2.13. The molecule has 4 nitrogen and oxygen atoms in total. The predicted molar refractivity (Wildman–Crippen MR) is 65.3 cm³/mol. The van der Waals surface area contributed by atoms with Crippen LogP contribution in [-0.2, 0) is 9.84 Å². The van der Waals surface area contributed by atoms with Gasteiger partial charge >= 0.3 is 0 Å². The Morgan fingerprint density at radius 1 is 1.31 bits per heavy atom. The van der Waals surface area contributed by atoms with Crippen LogP contribution in [0.5, 0.6) is 0 Å². The summed E-state index contributed by atoms with van der Waals surface area (Å²) in [4.78, 5) is 2.39. The maximum Gasteiger partial charge on any atom is 0.155 e. The van der Waals surface area contributed by atoms with Gasteiger partial charge in [-0.25, -0.2) is 8.42 Å². The lowest BCUT2D eigenvalue weighted by molar-refractivity contribution is 0.191. The first-order chi connectivity index (χ1) is 7.43. The molecule has 0 bridgehead atoms. The average molecular weight is 246 g/mol. The molecule has 2 fully saturated rings. The molecule has 2 aliphatic heterocycles. The van der Waals surface area contributed by atoms with Gasteiger partial charge < -0.3 is 10.2 Å². The number of nitrogens with one attached hydrogen (secondary N) is 1. The highest BCUT2D eigenvalue weighted by Crippen LogP contribution is 2.37. The normalized spacial score (nSPS) is 34.0. The lowest BCUT2D eigenvalue weighted by Gasteiger charge is -2.33. The Balaban J connectivity index is 2.01. The summed E-state index contributed by atoms with van der Waals surface area (Å²) in [6, 6.07) is 0. The fourth-order valence-electron chi connectivity index (χ4n) is 2.68. The Morgan fingerprint density at radius 3 is 2.44 bits per heavy atom. The number of hydrogen-bond donors (Lipinski definition) is 1. The van der Waals surface area contributed by atoms with Gasteiger partial charge in [-0.2, -0.15) is 0 Å². The summed E-state index contributed by atoms with van der Waals surface area (Å²) < 4.78 is 23.3. The smallest absolute Gasteiger partial charge is 0.155 e. The first-order valence-electron chi connectivity index (χ1n) is 6.09. The highest BCUT2D eigenvalue weighted by atomic mass is 32.2. The van der Waals surface area contributed by atoms with E-state index in [0.717, 1.165) is 39.1 Å². The third-order valence-corrected chi connectivity index (χ3v) is 6.92. The molecule has 0 spiro atoms. The number of nitrogens with zero attached hydrogens (tertiary/aromatic N) is 1. The van der Waals surface area contributed by atoms with Crippen LogP contribution in [0.1, 0.15) is 20.3 Å². The molecule has 0 aromatic heterocycles. The number of rotatable bonds is 2. The molecule has 1 N–H and O–H groups in total. The number of piperazine rings is 1. The number of sulfone groups is 1. The van der Waals surface area contributed by atoms with Crippen molar-refractivity contribution in [3.63, 3.8) is 0 Å². The maximum atomic E-state index is 11.9. The second-order valence-corrected chi connectivity index (χ2v) is 8.15. The molecular formula is C11H22N2O2S. The van der Waals surface area contributed by atoms with Gasteiger partial charge in [0.2, 0.25) is 0 Å². The fourth-order valence-corrected chi connectivity index (χ4v) is 4.50. The Morgan fingerprint density at radius 2 is 1.94 bits per heavy atom. The second kappa shape index (κ2) is 4.27. The first-order valence-corrected chi connectivity index (χ1v) is 7.74. The Hall–Kier alpha value is -0.130. The van der Waals surface area contributed by atoms with E-state index in [1.165, 1.54) is 0 Å². The monoisotopic (exact) mass is 246 g/mol. The Bertz CT molecular complexity index is 345. The molecule has 0 radical (unpaired) electrons. The fraction of sp³-hybridized carbons (Fsp3) is 1.00. The summed E-state index contributed by atoms with van der Waals surface area (Å²) in [5.41, 5.74) is 0. The van der Waals surface area contributed by atoms with Crippen molar-refractivity contribution in [2.24, 2.45) is 5.92 Å². The quantitative estimate of drug-likeness (QED) is 0.751. The lowest BCUT2D eigenvalue weighted by Crippen LogP contribution is -2.48. The van der Waals surface area contributed by atoms with Gasteiger partial charge in [-0.3, -0.25) is 0 Å². The molecule has 0 saturated carbocycles. The highest BCUT2D eigenvalue weighted by Gasteiger charge is 2.47. The summed E-state index contributed by atoms with van der Waals surface area (Å²) in [5.74, 6) is 0.673. The van der Waals surface area contributed by atoms with Crippen molar-refractivity contribution in [1.29, 1.82) is 0 Å². The molecule has 2 rings (SSSR count). The summed E-state index contributed by atoms with van der Waals surface area (Å²) in [5, 5.41) is 3.32. The van der Waals surface area contributed by atoms with E-state index >= 15 is 0 Å². The predicted octanol–water partition coefficient (Wildman–Crippen LogP) is 0.105. The van der Waals surface area contributed by atoms with E-state index in [-0.39, 0.29) is 0 Å². The van der Waals surface area contributed by atoms with Crippen molar-refractivity contribution < 1.29 is 8.42 Å². The molecule has 0 amide bonds.